The number of hydrogen-bond donors (Lipinski definition) is 2. The van der Waals surface area contributed by atoms with Crippen LogP contribution < -0.4 is 10.1 Å². The molecule has 0 amide bonds. The van der Waals surface area contributed by atoms with Crippen LogP contribution in [0.2, 0.25) is 0 Å². The van der Waals surface area contributed by atoms with E-state index in [-0.39, 0.29) is 11.9 Å². The highest BCUT2D eigenvalue weighted by molar-refractivity contribution is 5.96. The zero-order chi connectivity index (χ0) is 18.4. The van der Waals surface area contributed by atoms with Crippen molar-refractivity contribution in [1.82, 2.24) is 15.3 Å². The number of nitrogens with zero attached hydrogens (tertiary/aromatic N) is 1. The fourth-order valence-corrected chi connectivity index (χ4v) is 4.05. The topological polar surface area (TPSA) is 59.2 Å². The molecule has 0 aliphatic carbocycles. The molecule has 27 heavy (non-hydrogen) atoms. The molecule has 2 atom stereocenters. The van der Waals surface area contributed by atoms with E-state index in [2.05, 4.69) is 27.4 Å². The first-order chi connectivity index (χ1) is 13.2. The number of aromatic nitrogens is 2. The molecule has 2 unspecified atom stereocenters. The summed E-state index contributed by atoms with van der Waals surface area (Å²) in [6, 6.07) is 9.16. The SMILES string of the molecule is COc1ccc(F)cc1-c1ccnc2[nH]c(C3=CC4COCC(C3)N4)cc12. The maximum absolute atomic E-state index is 13.9. The molecule has 2 aromatic heterocycles. The maximum Gasteiger partial charge on any atom is 0.138 e. The molecule has 6 heteroatoms. The van der Waals surface area contributed by atoms with Gasteiger partial charge in [-0.15, -0.1) is 0 Å². The Hall–Kier alpha value is -2.70. The van der Waals surface area contributed by atoms with Crippen LogP contribution in [0.1, 0.15) is 12.1 Å². The quantitative estimate of drug-likeness (QED) is 0.746. The number of rotatable bonds is 3. The summed E-state index contributed by atoms with van der Waals surface area (Å²) in [6.45, 7) is 1.43. The number of nitrogens with one attached hydrogen (secondary N) is 2. The summed E-state index contributed by atoms with van der Waals surface area (Å²) >= 11 is 0. The third-order valence-electron chi connectivity index (χ3n) is 5.26. The summed E-state index contributed by atoms with van der Waals surface area (Å²) < 4.78 is 25.0. The number of hydrogen-bond acceptors (Lipinski definition) is 4. The van der Waals surface area contributed by atoms with E-state index in [1.165, 1.54) is 17.7 Å². The molecule has 0 radical (unpaired) electrons. The maximum atomic E-state index is 13.9. The zero-order valence-corrected chi connectivity index (χ0v) is 15.0. The highest BCUT2D eigenvalue weighted by Crippen LogP contribution is 2.37. The predicted molar refractivity (Wildman–Crippen MR) is 102 cm³/mol. The highest BCUT2D eigenvalue weighted by Gasteiger charge is 2.27. The first kappa shape index (κ1) is 16.5. The molecular weight excluding hydrogens is 345 g/mol. The first-order valence-corrected chi connectivity index (χ1v) is 9.08. The van der Waals surface area contributed by atoms with Crippen molar-refractivity contribution in [2.24, 2.45) is 0 Å². The number of fused-ring (bicyclic) bond motifs is 3. The molecule has 1 fully saturated rings. The van der Waals surface area contributed by atoms with Crippen molar-refractivity contribution in [3.8, 4) is 16.9 Å². The van der Waals surface area contributed by atoms with Gasteiger partial charge in [0.05, 0.1) is 20.3 Å². The highest BCUT2D eigenvalue weighted by atomic mass is 19.1. The molecule has 2 aliphatic heterocycles. The number of methoxy groups -OCH3 is 1. The molecule has 5 rings (SSSR count). The Morgan fingerprint density at radius 3 is 2.96 bits per heavy atom. The number of benzene rings is 1. The van der Waals surface area contributed by atoms with Crippen LogP contribution in [-0.4, -0.2) is 42.4 Å². The van der Waals surface area contributed by atoms with Gasteiger partial charge in [-0.1, -0.05) is 6.08 Å². The summed E-state index contributed by atoms with van der Waals surface area (Å²) in [6.07, 6.45) is 4.87. The van der Waals surface area contributed by atoms with Crippen molar-refractivity contribution in [3.63, 3.8) is 0 Å². The van der Waals surface area contributed by atoms with Gasteiger partial charge in [0, 0.05) is 34.9 Å². The van der Waals surface area contributed by atoms with Crippen LogP contribution in [0.4, 0.5) is 4.39 Å². The van der Waals surface area contributed by atoms with Crippen molar-refractivity contribution < 1.29 is 13.9 Å². The summed E-state index contributed by atoms with van der Waals surface area (Å²) in [7, 11) is 1.60. The van der Waals surface area contributed by atoms with Gasteiger partial charge in [0.25, 0.3) is 0 Å². The second kappa shape index (κ2) is 6.48. The first-order valence-electron chi connectivity index (χ1n) is 9.08. The van der Waals surface area contributed by atoms with Crippen LogP contribution >= 0.6 is 0 Å². The van der Waals surface area contributed by atoms with E-state index in [0.717, 1.165) is 40.9 Å². The smallest absolute Gasteiger partial charge is 0.138 e. The monoisotopic (exact) mass is 365 g/mol. The van der Waals surface area contributed by atoms with Gasteiger partial charge in [-0.2, -0.15) is 0 Å². The fourth-order valence-electron chi connectivity index (χ4n) is 4.05. The van der Waals surface area contributed by atoms with Gasteiger partial charge in [-0.05, 0) is 47.9 Å². The van der Waals surface area contributed by atoms with Crippen LogP contribution in [-0.2, 0) is 4.74 Å². The van der Waals surface area contributed by atoms with Crippen molar-refractivity contribution >= 4 is 16.6 Å². The zero-order valence-electron chi connectivity index (χ0n) is 15.0. The largest absolute Gasteiger partial charge is 0.496 e. The average molecular weight is 365 g/mol. The molecule has 138 valence electrons. The minimum atomic E-state index is -0.291. The molecule has 0 spiro atoms. The summed E-state index contributed by atoms with van der Waals surface area (Å²) in [5.74, 6) is 0.347. The van der Waals surface area contributed by atoms with Crippen LogP contribution in [0.15, 0.2) is 42.6 Å². The van der Waals surface area contributed by atoms with E-state index in [0.29, 0.717) is 18.4 Å². The predicted octanol–water partition coefficient (Wildman–Crippen LogP) is 3.52. The van der Waals surface area contributed by atoms with E-state index in [4.69, 9.17) is 9.47 Å². The van der Waals surface area contributed by atoms with Gasteiger partial charge in [0.2, 0.25) is 0 Å². The number of H-pyrrole nitrogens is 1. The molecule has 2 aliphatic rings. The van der Waals surface area contributed by atoms with Gasteiger partial charge in [0.15, 0.2) is 0 Å². The summed E-state index contributed by atoms with van der Waals surface area (Å²) in [5, 5.41) is 4.51. The van der Waals surface area contributed by atoms with E-state index in [1.807, 2.05) is 6.07 Å². The molecule has 2 N–H and O–H groups in total. The van der Waals surface area contributed by atoms with Crippen LogP contribution in [0, 0.1) is 5.82 Å². The van der Waals surface area contributed by atoms with Crippen molar-refractivity contribution in [2.75, 3.05) is 20.3 Å². The number of ether oxygens (including phenoxy) is 2. The summed E-state index contributed by atoms with van der Waals surface area (Å²) in [4.78, 5) is 7.91. The lowest BCUT2D eigenvalue weighted by Gasteiger charge is -2.34. The molecule has 1 aromatic carbocycles. The second-order valence-electron chi connectivity index (χ2n) is 7.05. The van der Waals surface area contributed by atoms with E-state index >= 15 is 0 Å². The summed E-state index contributed by atoms with van der Waals surface area (Å²) in [5.41, 5.74) is 4.73. The van der Waals surface area contributed by atoms with Crippen LogP contribution in [0.25, 0.3) is 27.7 Å². The van der Waals surface area contributed by atoms with Crippen molar-refractivity contribution in [1.29, 1.82) is 0 Å². The molecule has 1 saturated heterocycles. The fraction of sp³-hybridized carbons (Fsp3) is 0.286. The van der Waals surface area contributed by atoms with Crippen molar-refractivity contribution in [3.05, 3.63) is 54.1 Å². The number of pyridine rings is 1. The van der Waals surface area contributed by atoms with Gasteiger partial charge < -0.3 is 19.8 Å². The van der Waals surface area contributed by atoms with Gasteiger partial charge in [-0.25, -0.2) is 9.37 Å². The number of morpholine rings is 1. The Balaban J connectivity index is 1.63. The Bertz CT molecular complexity index is 1040. The molecule has 2 bridgehead atoms. The Morgan fingerprint density at radius 2 is 2.11 bits per heavy atom. The molecule has 3 aromatic rings. The van der Waals surface area contributed by atoms with E-state index in [1.54, 1.807) is 19.4 Å². The minimum Gasteiger partial charge on any atom is -0.496 e. The van der Waals surface area contributed by atoms with Gasteiger partial charge in [0.1, 0.15) is 17.2 Å². The van der Waals surface area contributed by atoms with Crippen LogP contribution in [0.3, 0.4) is 0 Å². The van der Waals surface area contributed by atoms with E-state index < -0.39 is 0 Å². The second-order valence-corrected chi connectivity index (χ2v) is 7.05. The third kappa shape index (κ3) is 2.91. The van der Waals surface area contributed by atoms with Crippen molar-refractivity contribution in [2.45, 2.75) is 18.5 Å². The number of aromatic amines is 1. The average Bonchev–Trinajstić information content (AvgIpc) is 3.12. The lowest BCUT2D eigenvalue weighted by molar-refractivity contribution is 0.0561. The molecular formula is C21H20FN3O2. The molecule has 5 nitrogen and oxygen atoms in total. The Morgan fingerprint density at radius 1 is 1.19 bits per heavy atom. The Labute approximate surface area is 156 Å². The molecule has 4 heterocycles. The van der Waals surface area contributed by atoms with Gasteiger partial charge in [-0.3, -0.25) is 0 Å². The lowest BCUT2D eigenvalue weighted by Crippen LogP contribution is -2.50. The normalized spacial score (nSPS) is 21.9. The Kier molecular flexibility index (Phi) is 3.95. The standard InChI is InChI=1S/C21H20FN3O2/c1-26-20-3-2-13(22)8-17(20)16-4-5-23-21-18(16)9-19(25-21)12-6-14-10-27-11-15(7-12)24-14/h2-6,8-9,14-15,24H,7,10-11H2,1H3,(H,23,25). The van der Waals surface area contributed by atoms with Crippen LogP contribution in [0.5, 0.6) is 5.75 Å². The third-order valence-corrected chi connectivity index (χ3v) is 5.26. The lowest BCUT2D eigenvalue weighted by atomic mass is 9.94. The minimum absolute atomic E-state index is 0.245. The van der Waals surface area contributed by atoms with Gasteiger partial charge >= 0.3 is 0 Å². The molecule has 0 saturated carbocycles. The number of halogens is 1. The van der Waals surface area contributed by atoms with E-state index in [9.17, 15) is 4.39 Å².